The Bertz CT molecular complexity index is 859. The first-order valence-corrected chi connectivity index (χ1v) is 8.10. The number of methoxy groups -OCH3 is 1. The first kappa shape index (κ1) is 17.0. The summed E-state index contributed by atoms with van der Waals surface area (Å²) >= 11 is 5.90. The first-order valence-electron chi connectivity index (χ1n) is 7.72. The van der Waals surface area contributed by atoms with E-state index in [-0.39, 0.29) is 11.8 Å². The molecule has 2 N–H and O–H groups in total. The number of carbonyl (C=O) groups excluding carboxylic acids is 2. The van der Waals surface area contributed by atoms with Crippen molar-refractivity contribution in [3.63, 3.8) is 0 Å². The number of carbonyl (C=O) groups is 2. The number of ether oxygens (including phenoxy) is 1. The molecule has 1 heterocycles. The smallest absolute Gasteiger partial charge is 0.319 e. The molecule has 1 atom stereocenters. The Balaban J connectivity index is 2.06. The van der Waals surface area contributed by atoms with Crippen molar-refractivity contribution in [3.05, 3.63) is 76.0 Å². The van der Waals surface area contributed by atoms with Gasteiger partial charge in [-0.05, 0) is 48.9 Å². The van der Waals surface area contributed by atoms with Crippen LogP contribution in [0.2, 0.25) is 5.02 Å². The molecule has 0 saturated carbocycles. The average molecular weight is 357 g/mol. The average Bonchev–Trinajstić information content (AvgIpc) is 2.61. The maximum atomic E-state index is 13.0. The van der Waals surface area contributed by atoms with Crippen LogP contribution in [0.4, 0.5) is 4.79 Å². The Morgan fingerprint density at radius 1 is 1.16 bits per heavy atom. The van der Waals surface area contributed by atoms with Crippen LogP contribution < -0.4 is 15.4 Å². The zero-order chi connectivity index (χ0) is 18.0. The molecule has 0 spiro atoms. The third kappa shape index (κ3) is 3.51. The summed E-state index contributed by atoms with van der Waals surface area (Å²) < 4.78 is 5.25. The molecule has 0 aromatic heterocycles. The molecule has 2 aromatic rings. The first-order chi connectivity index (χ1) is 12.0. The minimum absolute atomic E-state index is 0.172. The minimum Gasteiger partial charge on any atom is -0.497 e. The highest BCUT2D eigenvalue weighted by Gasteiger charge is 2.31. The molecule has 0 bridgehead atoms. The third-order valence-corrected chi connectivity index (χ3v) is 4.30. The van der Waals surface area contributed by atoms with Gasteiger partial charge in [0.25, 0.3) is 0 Å². The number of hydrogen-bond acceptors (Lipinski definition) is 3. The van der Waals surface area contributed by atoms with Gasteiger partial charge in [-0.2, -0.15) is 0 Å². The molecule has 1 aliphatic heterocycles. The molecule has 0 unspecified atom stereocenters. The summed E-state index contributed by atoms with van der Waals surface area (Å²) in [6.45, 7) is 1.72. The van der Waals surface area contributed by atoms with E-state index in [0.29, 0.717) is 27.6 Å². The summed E-state index contributed by atoms with van der Waals surface area (Å²) in [5, 5.41) is 6.04. The van der Waals surface area contributed by atoms with Crippen molar-refractivity contribution in [2.45, 2.75) is 13.0 Å². The molecule has 128 valence electrons. The number of nitrogens with one attached hydrogen (secondary N) is 2. The molecule has 3 rings (SSSR count). The minimum atomic E-state index is -0.563. The van der Waals surface area contributed by atoms with Crippen molar-refractivity contribution in [1.82, 2.24) is 10.6 Å². The largest absolute Gasteiger partial charge is 0.497 e. The molecular weight excluding hydrogens is 340 g/mol. The SMILES string of the molecule is COc1cccc([C@@H]2NC(=O)NC(C)=C2C(=O)c2ccc(Cl)cc2)c1. The Morgan fingerprint density at radius 3 is 2.56 bits per heavy atom. The molecule has 2 aromatic carbocycles. The Kier molecular flexibility index (Phi) is 4.76. The van der Waals surface area contributed by atoms with Crippen molar-refractivity contribution in [2.75, 3.05) is 7.11 Å². The van der Waals surface area contributed by atoms with E-state index in [9.17, 15) is 9.59 Å². The number of Topliss-reactive ketones (excluding diaryl/α,β-unsaturated/α-hetero) is 1. The van der Waals surface area contributed by atoms with Crippen molar-refractivity contribution in [1.29, 1.82) is 0 Å². The lowest BCUT2D eigenvalue weighted by molar-refractivity contribution is 0.102. The standard InChI is InChI=1S/C19H17ClN2O3/c1-11-16(18(23)12-6-8-14(20)9-7-12)17(22-19(24)21-11)13-4-3-5-15(10-13)25-2/h3-10,17H,1-2H3,(H2,21,22,24)/t17-/m0/s1. The maximum absolute atomic E-state index is 13.0. The normalized spacial score (nSPS) is 16.9. The zero-order valence-electron chi connectivity index (χ0n) is 13.8. The van der Waals surface area contributed by atoms with Gasteiger partial charge in [0, 0.05) is 21.9 Å². The van der Waals surface area contributed by atoms with Crippen molar-refractivity contribution >= 4 is 23.4 Å². The molecule has 6 heteroatoms. The lowest BCUT2D eigenvalue weighted by atomic mass is 9.89. The predicted octanol–water partition coefficient (Wildman–Crippen LogP) is 3.86. The van der Waals surface area contributed by atoms with Gasteiger partial charge < -0.3 is 15.4 Å². The number of amides is 2. The molecule has 0 aliphatic carbocycles. The molecular formula is C19H17ClN2O3. The lowest BCUT2D eigenvalue weighted by Crippen LogP contribution is -2.45. The fraction of sp³-hybridized carbons (Fsp3) is 0.158. The highest BCUT2D eigenvalue weighted by Crippen LogP contribution is 2.31. The summed E-state index contributed by atoms with van der Waals surface area (Å²) in [5.41, 5.74) is 2.28. The van der Waals surface area contributed by atoms with Gasteiger partial charge in [-0.25, -0.2) is 4.79 Å². The van der Waals surface area contributed by atoms with Crippen molar-refractivity contribution in [3.8, 4) is 5.75 Å². The number of allylic oxidation sites excluding steroid dienone is 1. The lowest BCUT2D eigenvalue weighted by Gasteiger charge is -2.29. The van der Waals surface area contributed by atoms with Gasteiger partial charge in [-0.1, -0.05) is 23.7 Å². The molecule has 0 radical (unpaired) electrons. The predicted molar refractivity (Wildman–Crippen MR) is 95.9 cm³/mol. The van der Waals surface area contributed by atoms with Gasteiger partial charge in [-0.15, -0.1) is 0 Å². The van der Waals surface area contributed by atoms with E-state index in [2.05, 4.69) is 10.6 Å². The van der Waals surface area contributed by atoms with E-state index >= 15 is 0 Å². The Morgan fingerprint density at radius 2 is 1.88 bits per heavy atom. The summed E-state index contributed by atoms with van der Waals surface area (Å²) in [6.07, 6.45) is 0. The highest BCUT2D eigenvalue weighted by molar-refractivity contribution is 6.30. The second-order valence-electron chi connectivity index (χ2n) is 5.68. The van der Waals surface area contributed by atoms with Gasteiger partial charge >= 0.3 is 6.03 Å². The van der Waals surface area contributed by atoms with E-state index in [1.807, 2.05) is 18.2 Å². The quantitative estimate of drug-likeness (QED) is 0.817. The van der Waals surface area contributed by atoms with Crippen LogP contribution in [-0.2, 0) is 0 Å². The third-order valence-electron chi connectivity index (χ3n) is 4.05. The fourth-order valence-corrected chi connectivity index (χ4v) is 2.95. The number of hydrogen-bond donors (Lipinski definition) is 2. The monoisotopic (exact) mass is 356 g/mol. The van der Waals surface area contributed by atoms with Crippen LogP contribution in [-0.4, -0.2) is 18.9 Å². The fourth-order valence-electron chi connectivity index (χ4n) is 2.82. The summed E-state index contributed by atoms with van der Waals surface area (Å²) in [7, 11) is 1.57. The van der Waals surface area contributed by atoms with Crippen molar-refractivity contribution in [2.24, 2.45) is 0 Å². The molecule has 25 heavy (non-hydrogen) atoms. The van der Waals surface area contributed by atoms with Crippen LogP contribution in [0.5, 0.6) is 5.75 Å². The number of benzene rings is 2. The van der Waals surface area contributed by atoms with Crippen LogP contribution in [0.25, 0.3) is 0 Å². The number of halogens is 1. The van der Waals surface area contributed by atoms with Gasteiger partial charge in [-0.3, -0.25) is 4.79 Å². The molecule has 0 fully saturated rings. The Labute approximate surface area is 150 Å². The van der Waals surface area contributed by atoms with Gasteiger partial charge in [0.15, 0.2) is 5.78 Å². The van der Waals surface area contributed by atoms with E-state index in [1.54, 1.807) is 44.4 Å². The highest BCUT2D eigenvalue weighted by atomic mass is 35.5. The molecule has 1 aliphatic rings. The van der Waals surface area contributed by atoms with E-state index in [0.717, 1.165) is 5.56 Å². The topological polar surface area (TPSA) is 67.4 Å². The van der Waals surface area contributed by atoms with Gasteiger partial charge in [0.05, 0.1) is 13.2 Å². The summed E-state index contributed by atoms with van der Waals surface area (Å²) in [6, 6.07) is 13.0. The summed E-state index contributed by atoms with van der Waals surface area (Å²) in [4.78, 5) is 25.0. The zero-order valence-corrected chi connectivity index (χ0v) is 14.6. The Hall–Kier alpha value is -2.79. The molecule has 5 nitrogen and oxygen atoms in total. The van der Waals surface area contributed by atoms with Crippen LogP contribution in [0.1, 0.15) is 28.9 Å². The van der Waals surface area contributed by atoms with Crippen LogP contribution in [0, 0.1) is 0 Å². The second kappa shape index (κ2) is 6.99. The van der Waals surface area contributed by atoms with Crippen LogP contribution in [0.15, 0.2) is 59.8 Å². The summed E-state index contributed by atoms with van der Waals surface area (Å²) in [5.74, 6) is 0.482. The van der Waals surface area contributed by atoms with Gasteiger partial charge in [0.2, 0.25) is 0 Å². The molecule has 2 amide bonds. The maximum Gasteiger partial charge on any atom is 0.319 e. The number of rotatable bonds is 4. The molecule has 0 saturated heterocycles. The van der Waals surface area contributed by atoms with E-state index in [4.69, 9.17) is 16.3 Å². The van der Waals surface area contributed by atoms with E-state index in [1.165, 1.54) is 0 Å². The van der Waals surface area contributed by atoms with E-state index < -0.39 is 6.04 Å². The number of ketones is 1. The van der Waals surface area contributed by atoms with Crippen LogP contribution in [0.3, 0.4) is 0 Å². The second-order valence-corrected chi connectivity index (χ2v) is 6.12. The van der Waals surface area contributed by atoms with Crippen LogP contribution >= 0.6 is 11.6 Å². The van der Waals surface area contributed by atoms with Gasteiger partial charge in [0.1, 0.15) is 5.75 Å². The number of urea groups is 1. The van der Waals surface area contributed by atoms with Crippen molar-refractivity contribution < 1.29 is 14.3 Å².